The van der Waals surface area contributed by atoms with E-state index in [1.807, 2.05) is 0 Å². The van der Waals surface area contributed by atoms with E-state index in [1.165, 1.54) is 10.9 Å². The van der Waals surface area contributed by atoms with E-state index in [-0.39, 0.29) is 11.5 Å². The molecule has 0 aliphatic heterocycles. The zero-order valence-corrected chi connectivity index (χ0v) is 12.5. The molecule has 0 spiro atoms. The normalized spacial score (nSPS) is 13.7. The third-order valence-corrected chi connectivity index (χ3v) is 3.88. The monoisotopic (exact) mass is 302 g/mol. The van der Waals surface area contributed by atoms with Crippen molar-refractivity contribution in [1.82, 2.24) is 20.3 Å². The summed E-state index contributed by atoms with van der Waals surface area (Å²) in [6, 6.07) is 1.67. The van der Waals surface area contributed by atoms with Gasteiger partial charge in [-0.15, -0.1) is 0 Å². The molecule has 1 aliphatic rings. The first-order valence-electron chi connectivity index (χ1n) is 7.44. The second-order valence-corrected chi connectivity index (χ2v) is 5.44. The summed E-state index contributed by atoms with van der Waals surface area (Å²) >= 11 is 0. The largest absolute Gasteiger partial charge is 0.361 e. The third-order valence-electron chi connectivity index (χ3n) is 3.88. The molecular weight excluding hydrogens is 284 g/mol. The molecule has 0 saturated heterocycles. The van der Waals surface area contributed by atoms with Crippen LogP contribution in [0.25, 0.3) is 0 Å². The van der Waals surface area contributed by atoms with Crippen LogP contribution in [-0.4, -0.2) is 27.4 Å². The molecule has 22 heavy (non-hydrogen) atoms. The van der Waals surface area contributed by atoms with Crippen LogP contribution in [0.15, 0.2) is 21.6 Å². The van der Waals surface area contributed by atoms with Crippen LogP contribution in [0, 0.1) is 6.92 Å². The van der Waals surface area contributed by atoms with Gasteiger partial charge in [0.15, 0.2) is 0 Å². The Hall–Kier alpha value is -2.44. The van der Waals surface area contributed by atoms with E-state index in [0.29, 0.717) is 24.4 Å². The number of amides is 1. The van der Waals surface area contributed by atoms with Crippen molar-refractivity contribution >= 4 is 5.91 Å². The van der Waals surface area contributed by atoms with Gasteiger partial charge in [-0.25, -0.2) is 4.68 Å². The Morgan fingerprint density at radius 3 is 3.00 bits per heavy atom. The molecule has 116 valence electrons. The molecule has 0 unspecified atom stereocenters. The molecule has 1 N–H and O–H groups in total. The standard InChI is InChI=1S/C15H18N4O3/c1-10-12(9-17-22-10)15(21)16-6-7-19-14(20)8-11-4-2-3-5-13(11)18-19/h8-9H,2-7H2,1H3,(H,16,21). The van der Waals surface area contributed by atoms with Gasteiger partial charge in [0.05, 0.1) is 18.4 Å². The van der Waals surface area contributed by atoms with Crippen LogP contribution in [0.3, 0.4) is 0 Å². The lowest BCUT2D eigenvalue weighted by atomic mass is 9.97. The van der Waals surface area contributed by atoms with E-state index < -0.39 is 0 Å². The van der Waals surface area contributed by atoms with E-state index in [2.05, 4.69) is 15.6 Å². The summed E-state index contributed by atoms with van der Waals surface area (Å²) in [7, 11) is 0. The van der Waals surface area contributed by atoms with Crippen LogP contribution in [-0.2, 0) is 19.4 Å². The summed E-state index contributed by atoms with van der Waals surface area (Å²) in [5, 5.41) is 10.7. The summed E-state index contributed by atoms with van der Waals surface area (Å²) in [6.07, 6.45) is 5.46. The maximum absolute atomic E-state index is 12.0. The lowest BCUT2D eigenvalue weighted by Gasteiger charge is -2.15. The zero-order chi connectivity index (χ0) is 15.5. The molecule has 1 amide bonds. The molecule has 0 bridgehead atoms. The number of aromatic nitrogens is 3. The number of aryl methyl sites for hydroxylation is 3. The highest BCUT2D eigenvalue weighted by Gasteiger charge is 2.14. The lowest BCUT2D eigenvalue weighted by molar-refractivity contribution is 0.0950. The Kier molecular flexibility index (Phi) is 4.04. The average Bonchev–Trinajstić information content (AvgIpc) is 2.94. The van der Waals surface area contributed by atoms with Gasteiger partial charge >= 0.3 is 0 Å². The SMILES string of the molecule is Cc1oncc1C(=O)NCCn1nc2c(cc1=O)CCCC2. The van der Waals surface area contributed by atoms with E-state index in [4.69, 9.17) is 4.52 Å². The van der Waals surface area contributed by atoms with Crippen molar-refractivity contribution < 1.29 is 9.32 Å². The van der Waals surface area contributed by atoms with Crippen LogP contribution >= 0.6 is 0 Å². The number of nitrogens with zero attached hydrogens (tertiary/aromatic N) is 3. The smallest absolute Gasteiger partial charge is 0.267 e. The molecule has 2 aromatic heterocycles. The summed E-state index contributed by atoms with van der Waals surface area (Å²) < 4.78 is 6.27. The zero-order valence-electron chi connectivity index (χ0n) is 12.5. The van der Waals surface area contributed by atoms with Crippen LogP contribution in [0.2, 0.25) is 0 Å². The van der Waals surface area contributed by atoms with E-state index in [0.717, 1.165) is 36.9 Å². The Morgan fingerprint density at radius 2 is 2.23 bits per heavy atom. The summed E-state index contributed by atoms with van der Waals surface area (Å²) in [4.78, 5) is 23.9. The molecule has 2 aromatic rings. The number of hydrogen-bond donors (Lipinski definition) is 1. The number of nitrogens with one attached hydrogen (secondary N) is 1. The predicted octanol–water partition coefficient (Wildman–Crippen LogP) is 0.849. The molecule has 2 heterocycles. The van der Waals surface area contributed by atoms with Gasteiger partial charge in [-0.3, -0.25) is 9.59 Å². The van der Waals surface area contributed by atoms with E-state index >= 15 is 0 Å². The van der Waals surface area contributed by atoms with Crippen molar-refractivity contribution in [3.8, 4) is 0 Å². The van der Waals surface area contributed by atoms with Gasteiger partial charge < -0.3 is 9.84 Å². The molecule has 0 aromatic carbocycles. The molecule has 0 atom stereocenters. The molecule has 0 fully saturated rings. The number of hydrogen-bond acceptors (Lipinski definition) is 5. The Bertz CT molecular complexity index is 747. The van der Waals surface area contributed by atoms with Gasteiger partial charge in [-0.2, -0.15) is 5.10 Å². The Labute approximate surface area is 127 Å². The van der Waals surface area contributed by atoms with Gasteiger partial charge in [-0.05, 0) is 38.2 Å². The van der Waals surface area contributed by atoms with Crippen molar-refractivity contribution in [2.45, 2.75) is 39.2 Å². The van der Waals surface area contributed by atoms with Crippen LogP contribution in [0.4, 0.5) is 0 Å². The highest BCUT2D eigenvalue weighted by molar-refractivity contribution is 5.94. The fraction of sp³-hybridized carbons (Fsp3) is 0.467. The second-order valence-electron chi connectivity index (χ2n) is 5.44. The molecule has 1 aliphatic carbocycles. The van der Waals surface area contributed by atoms with E-state index in [9.17, 15) is 9.59 Å². The average molecular weight is 302 g/mol. The highest BCUT2D eigenvalue weighted by atomic mass is 16.5. The van der Waals surface area contributed by atoms with Crippen molar-refractivity contribution in [2.75, 3.05) is 6.54 Å². The third kappa shape index (κ3) is 2.93. The molecule has 0 radical (unpaired) electrons. The van der Waals surface area contributed by atoms with Gasteiger partial charge in [0.2, 0.25) is 0 Å². The van der Waals surface area contributed by atoms with Gasteiger partial charge in [0.1, 0.15) is 11.3 Å². The van der Waals surface area contributed by atoms with Gasteiger partial charge in [0.25, 0.3) is 11.5 Å². The Balaban J connectivity index is 1.63. The fourth-order valence-electron chi connectivity index (χ4n) is 2.65. The molecule has 3 rings (SSSR count). The quantitative estimate of drug-likeness (QED) is 0.904. The van der Waals surface area contributed by atoms with Gasteiger partial charge in [0, 0.05) is 12.6 Å². The highest BCUT2D eigenvalue weighted by Crippen LogP contribution is 2.16. The minimum absolute atomic E-state index is 0.115. The van der Waals surface area contributed by atoms with Crippen LogP contribution in [0.5, 0.6) is 0 Å². The second kappa shape index (κ2) is 6.13. The maximum Gasteiger partial charge on any atom is 0.267 e. The maximum atomic E-state index is 12.0. The number of rotatable bonds is 4. The van der Waals surface area contributed by atoms with Crippen molar-refractivity contribution in [2.24, 2.45) is 0 Å². The van der Waals surface area contributed by atoms with Crippen molar-refractivity contribution in [1.29, 1.82) is 0 Å². The number of carbonyl (C=O) groups is 1. The van der Waals surface area contributed by atoms with Crippen LogP contribution in [0.1, 0.15) is 40.2 Å². The van der Waals surface area contributed by atoms with E-state index in [1.54, 1.807) is 13.0 Å². The molecule has 0 saturated carbocycles. The predicted molar refractivity (Wildman–Crippen MR) is 78.7 cm³/mol. The number of fused-ring (bicyclic) bond motifs is 1. The first kappa shape index (κ1) is 14.5. The summed E-state index contributed by atoms with van der Waals surface area (Å²) in [5.74, 6) is 0.214. The van der Waals surface area contributed by atoms with Crippen molar-refractivity contribution in [3.63, 3.8) is 0 Å². The van der Waals surface area contributed by atoms with Crippen LogP contribution < -0.4 is 10.9 Å². The molecular formula is C15H18N4O3. The fourth-order valence-corrected chi connectivity index (χ4v) is 2.65. The minimum atomic E-state index is -0.259. The first-order valence-corrected chi connectivity index (χ1v) is 7.44. The summed E-state index contributed by atoms with van der Waals surface area (Å²) in [5.41, 5.74) is 2.37. The van der Waals surface area contributed by atoms with Crippen molar-refractivity contribution in [3.05, 3.63) is 45.2 Å². The molecule has 7 nitrogen and oxygen atoms in total. The summed E-state index contributed by atoms with van der Waals surface area (Å²) in [6.45, 7) is 2.36. The topological polar surface area (TPSA) is 90.0 Å². The van der Waals surface area contributed by atoms with Gasteiger partial charge in [-0.1, -0.05) is 5.16 Å². The molecule has 7 heteroatoms. The lowest BCUT2D eigenvalue weighted by Crippen LogP contribution is -2.33. The first-order chi connectivity index (χ1) is 10.6. The minimum Gasteiger partial charge on any atom is -0.361 e. The Morgan fingerprint density at radius 1 is 1.41 bits per heavy atom. The number of carbonyl (C=O) groups excluding carboxylic acids is 1.